The quantitative estimate of drug-likeness (QED) is 0.781. The maximum atomic E-state index is 13.1. The summed E-state index contributed by atoms with van der Waals surface area (Å²) in [5.41, 5.74) is 0.503. The van der Waals surface area contributed by atoms with Crippen LogP contribution in [0.5, 0.6) is 5.75 Å². The van der Waals surface area contributed by atoms with Gasteiger partial charge >= 0.3 is 0 Å². The average molecular weight is 226 g/mol. The third-order valence-corrected chi connectivity index (χ3v) is 2.54. The van der Waals surface area contributed by atoms with Crippen molar-refractivity contribution in [3.63, 3.8) is 0 Å². The number of benzene rings is 1. The van der Waals surface area contributed by atoms with Gasteiger partial charge in [-0.15, -0.1) is 0 Å². The van der Waals surface area contributed by atoms with Gasteiger partial charge in [0.25, 0.3) is 0 Å². The van der Waals surface area contributed by atoms with Crippen molar-refractivity contribution in [3.8, 4) is 5.75 Å². The summed E-state index contributed by atoms with van der Waals surface area (Å²) < 4.78 is 23.6. The fourth-order valence-corrected chi connectivity index (χ4v) is 1.48. The molecule has 0 aromatic heterocycles. The number of aliphatic hydroxyl groups is 1. The number of aliphatic hydroxyl groups excluding tert-OH is 1. The highest BCUT2D eigenvalue weighted by Gasteiger charge is 2.24. The van der Waals surface area contributed by atoms with E-state index in [1.165, 1.54) is 12.1 Å². The standard InChI is InChI=1S/C12H15FO3/c1-2-11(14)10-5-8(13)3-4-12(10)16-7-9-6-15-9/h3-5,9,11,14H,2,6-7H2,1H3/t9-,11+/m0/s1. The Balaban J connectivity index is 2.13. The van der Waals surface area contributed by atoms with Gasteiger partial charge < -0.3 is 14.6 Å². The van der Waals surface area contributed by atoms with Gasteiger partial charge in [-0.05, 0) is 24.6 Å². The van der Waals surface area contributed by atoms with E-state index in [-0.39, 0.29) is 11.9 Å². The van der Waals surface area contributed by atoms with Crippen LogP contribution in [0.4, 0.5) is 4.39 Å². The first kappa shape index (κ1) is 11.4. The van der Waals surface area contributed by atoms with Gasteiger partial charge in [0.1, 0.15) is 24.3 Å². The molecule has 0 radical (unpaired) electrons. The summed E-state index contributed by atoms with van der Waals surface area (Å²) in [5.74, 6) is 0.170. The van der Waals surface area contributed by atoms with Crippen LogP contribution in [0, 0.1) is 5.82 Å². The third-order valence-electron chi connectivity index (χ3n) is 2.54. The average Bonchev–Trinajstić information content (AvgIpc) is 3.10. The van der Waals surface area contributed by atoms with Crippen molar-refractivity contribution in [2.75, 3.05) is 13.2 Å². The smallest absolute Gasteiger partial charge is 0.125 e. The van der Waals surface area contributed by atoms with Gasteiger partial charge in [-0.1, -0.05) is 6.92 Å². The van der Waals surface area contributed by atoms with E-state index >= 15 is 0 Å². The Kier molecular flexibility index (Phi) is 3.41. The molecule has 2 rings (SSSR count). The van der Waals surface area contributed by atoms with Gasteiger partial charge in [0.15, 0.2) is 0 Å². The maximum absolute atomic E-state index is 13.1. The van der Waals surface area contributed by atoms with E-state index in [1.54, 1.807) is 6.07 Å². The van der Waals surface area contributed by atoms with Crippen molar-refractivity contribution in [2.24, 2.45) is 0 Å². The maximum Gasteiger partial charge on any atom is 0.125 e. The van der Waals surface area contributed by atoms with E-state index in [0.717, 1.165) is 0 Å². The third kappa shape index (κ3) is 2.71. The molecular formula is C12H15FO3. The lowest BCUT2D eigenvalue weighted by Crippen LogP contribution is -2.08. The molecule has 1 N–H and O–H groups in total. The number of halogens is 1. The van der Waals surface area contributed by atoms with Crippen molar-refractivity contribution in [1.29, 1.82) is 0 Å². The molecule has 0 bridgehead atoms. The Labute approximate surface area is 93.8 Å². The SMILES string of the molecule is CC[C@@H](O)c1cc(F)ccc1OC[C@@H]1CO1. The van der Waals surface area contributed by atoms with E-state index in [1.807, 2.05) is 6.92 Å². The topological polar surface area (TPSA) is 42.0 Å². The molecule has 1 saturated heterocycles. The normalized spacial score (nSPS) is 20.6. The highest BCUT2D eigenvalue weighted by atomic mass is 19.1. The molecular weight excluding hydrogens is 211 g/mol. The summed E-state index contributed by atoms with van der Waals surface area (Å²) in [6, 6.07) is 4.19. The molecule has 2 atom stereocenters. The number of hydrogen-bond donors (Lipinski definition) is 1. The van der Waals surface area contributed by atoms with Crippen LogP contribution in [0.25, 0.3) is 0 Å². The van der Waals surface area contributed by atoms with Crippen LogP contribution >= 0.6 is 0 Å². The van der Waals surface area contributed by atoms with Crippen LogP contribution in [-0.2, 0) is 4.74 Å². The first-order chi connectivity index (χ1) is 7.70. The minimum Gasteiger partial charge on any atom is -0.490 e. The van der Waals surface area contributed by atoms with Gasteiger partial charge in [-0.2, -0.15) is 0 Å². The number of rotatable bonds is 5. The number of hydrogen-bond acceptors (Lipinski definition) is 3. The molecule has 1 aromatic carbocycles. The Hall–Kier alpha value is -1.13. The van der Waals surface area contributed by atoms with Crippen molar-refractivity contribution in [1.82, 2.24) is 0 Å². The molecule has 0 spiro atoms. The predicted octanol–water partition coefficient (Wildman–Crippen LogP) is 2.05. The summed E-state index contributed by atoms with van der Waals surface area (Å²) in [4.78, 5) is 0. The second-order valence-electron chi connectivity index (χ2n) is 3.87. The fraction of sp³-hybridized carbons (Fsp3) is 0.500. The van der Waals surface area contributed by atoms with Crippen molar-refractivity contribution in [3.05, 3.63) is 29.6 Å². The fourth-order valence-electron chi connectivity index (χ4n) is 1.48. The Morgan fingerprint density at radius 3 is 3.00 bits per heavy atom. The van der Waals surface area contributed by atoms with Gasteiger partial charge in [0.05, 0.1) is 12.7 Å². The Morgan fingerprint density at radius 1 is 1.62 bits per heavy atom. The molecule has 0 unspecified atom stereocenters. The first-order valence-electron chi connectivity index (χ1n) is 5.42. The minimum atomic E-state index is -0.689. The van der Waals surface area contributed by atoms with E-state index in [4.69, 9.17) is 9.47 Å². The van der Waals surface area contributed by atoms with Crippen molar-refractivity contribution in [2.45, 2.75) is 25.6 Å². The monoisotopic (exact) mass is 226 g/mol. The number of ether oxygens (including phenoxy) is 2. The number of epoxide rings is 1. The summed E-state index contributed by atoms with van der Waals surface area (Å²) in [5, 5.41) is 9.74. The molecule has 1 fully saturated rings. The zero-order valence-corrected chi connectivity index (χ0v) is 9.15. The van der Waals surface area contributed by atoms with E-state index in [0.29, 0.717) is 30.9 Å². The second-order valence-corrected chi connectivity index (χ2v) is 3.87. The summed E-state index contributed by atoms with van der Waals surface area (Å²) in [6.07, 6.45) is -0.0118. The van der Waals surface area contributed by atoms with Crippen LogP contribution in [0.15, 0.2) is 18.2 Å². The Morgan fingerprint density at radius 2 is 2.38 bits per heavy atom. The molecule has 1 aliphatic heterocycles. The lowest BCUT2D eigenvalue weighted by molar-refractivity contribution is 0.165. The van der Waals surface area contributed by atoms with Gasteiger partial charge in [0.2, 0.25) is 0 Å². The molecule has 16 heavy (non-hydrogen) atoms. The molecule has 1 aliphatic rings. The van der Waals surface area contributed by atoms with Crippen molar-refractivity contribution < 1.29 is 19.0 Å². The van der Waals surface area contributed by atoms with Gasteiger partial charge in [0, 0.05) is 5.56 Å². The molecule has 0 saturated carbocycles. The highest BCUT2D eigenvalue weighted by molar-refractivity contribution is 5.35. The van der Waals surface area contributed by atoms with E-state index < -0.39 is 6.10 Å². The summed E-state index contributed by atoms with van der Waals surface area (Å²) >= 11 is 0. The Bertz CT molecular complexity index is 363. The zero-order valence-electron chi connectivity index (χ0n) is 9.15. The lowest BCUT2D eigenvalue weighted by Gasteiger charge is -2.14. The van der Waals surface area contributed by atoms with Crippen LogP contribution in [0.3, 0.4) is 0 Å². The van der Waals surface area contributed by atoms with Crippen LogP contribution in [0.1, 0.15) is 25.0 Å². The second kappa shape index (κ2) is 4.80. The molecule has 88 valence electrons. The molecule has 0 amide bonds. The van der Waals surface area contributed by atoms with Gasteiger partial charge in [-0.3, -0.25) is 0 Å². The van der Waals surface area contributed by atoms with Crippen LogP contribution < -0.4 is 4.74 Å². The minimum absolute atomic E-state index is 0.150. The van der Waals surface area contributed by atoms with E-state index in [2.05, 4.69) is 0 Å². The largest absolute Gasteiger partial charge is 0.490 e. The predicted molar refractivity (Wildman–Crippen MR) is 56.9 cm³/mol. The lowest BCUT2D eigenvalue weighted by atomic mass is 10.1. The zero-order chi connectivity index (χ0) is 11.5. The summed E-state index contributed by atoms with van der Waals surface area (Å²) in [6.45, 7) is 3.01. The molecule has 3 nitrogen and oxygen atoms in total. The molecule has 0 aliphatic carbocycles. The van der Waals surface area contributed by atoms with Crippen LogP contribution in [-0.4, -0.2) is 24.4 Å². The molecule has 1 heterocycles. The van der Waals surface area contributed by atoms with Gasteiger partial charge in [-0.25, -0.2) is 4.39 Å². The molecule has 4 heteroatoms. The first-order valence-corrected chi connectivity index (χ1v) is 5.42. The van der Waals surface area contributed by atoms with Crippen LogP contribution in [0.2, 0.25) is 0 Å². The highest BCUT2D eigenvalue weighted by Crippen LogP contribution is 2.28. The summed E-state index contributed by atoms with van der Waals surface area (Å²) in [7, 11) is 0. The van der Waals surface area contributed by atoms with Crippen molar-refractivity contribution >= 4 is 0 Å². The van der Waals surface area contributed by atoms with E-state index in [9.17, 15) is 9.50 Å². The molecule has 1 aromatic rings.